The van der Waals surface area contributed by atoms with Gasteiger partial charge in [-0.2, -0.15) is 0 Å². The lowest BCUT2D eigenvalue weighted by Crippen LogP contribution is -2.18. The fourth-order valence-corrected chi connectivity index (χ4v) is 3.05. The number of anilines is 1. The minimum atomic E-state index is 0.0632. The minimum Gasteiger partial charge on any atom is -0.384 e. The predicted octanol–water partition coefficient (Wildman–Crippen LogP) is 3.42. The summed E-state index contributed by atoms with van der Waals surface area (Å²) >= 11 is 0. The van der Waals surface area contributed by atoms with Crippen molar-refractivity contribution in [2.24, 2.45) is 13.0 Å². The molecule has 0 unspecified atom stereocenters. The van der Waals surface area contributed by atoms with Gasteiger partial charge in [0.15, 0.2) is 0 Å². The summed E-state index contributed by atoms with van der Waals surface area (Å²) in [5, 5.41) is 0. The number of nitrogens with two attached hydrogens (primary N) is 1. The third kappa shape index (κ3) is 2.70. The summed E-state index contributed by atoms with van der Waals surface area (Å²) < 4.78 is 2.07. The highest BCUT2D eigenvalue weighted by atomic mass is 15.1. The average Bonchev–Trinajstić information content (AvgIpc) is 2.58. The van der Waals surface area contributed by atoms with Crippen molar-refractivity contribution in [3.63, 3.8) is 0 Å². The number of aromatic nitrogens is 2. The summed E-state index contributed by atoms with van der Waals surface area (Å²) in [6.45, 7) is 6.58. The van der Waals surface area contributed by atoms with Crippen LogP contribution in [0, 0.1) is 5.92 Å². The Bertz CT molecular complexity index is 406. The largest absolute Gasteiger partial charge is 0.384 e. The molecule has 1 fully saturated rings. The summed E-state index contributed by atoms with van der Waals surface area (Å²) in [5.74, 6) is 2.76. The van der Waals surface area contributed by atoms with Gasteiger partial charge in [0.05, 0.1) is 5.69 Å². The van der Waals surface area contributed by atoms with Crippen LogP contribution in [0.4, 0.5) is 5.82 Å². The van der Waals surface area contributed by atoms with Crippen molar-refractivity contribution in [2.75, 3.05) is 5.73 Å². The molecule has 1 heterocycles. The molecule has 3 nitrogen and oxygen atoms in total. The summed E-state index contributed by atoms with van der Waals surface area (Å²) in [6.07, 6.45) is 7.92. The fourth-order valence-electron chi connectivity index (χ4n) is 3.05. The Morgan fingerprint density at radius 3 is 2.33 bits per heavy atom. The number of hydrogen-bond acceptors (Lipinski definition) is 2. The lowest BCUT2D eigenvalue weighted by molar-refractivity contribution is 0.354. The van der Waals surface area contributed by atoms with Gasteiger partial charge in [0.2, 0.25) is 0 Å². The van der Waals surface area contributed by atoms with E-state index in [1.807, 2.05) is 7.05 Å². The quantitative estimate of drug-likeness (QED) is 0.872. The third-order valence-electron chi connectivity index (χ3n) is 4.09. The number of imidazole rings is 1. The van der Waals surface area contributed by atoms with Gasteiger partial charge in [-0.05, 0) is 12.3 Å². The first kappa shape index (κ1) is 13.4. The van der Waals surface area contributed by atoms with Crippen LogP contribution in [0.1, 0.15) is 64.4 Å². The predicted molar refractivity (Wildman–Crippen MR) is 76.6 cm³/mol. The molecule has 3 heteroatoms. The summed E-state index contributed by atoms with van der Waals surface area (Å²) in [5.41, 5.74) is 7.40. The van der Waals surface area contributed by atoms with E-state index in [0.717, 1.165) is 29.7 Å². The molecule has 0 atom stereocenters. The van der Waals surface area contributed by atoms with Gasteiger partial charge in [0.1, 0.15) is 11.6 Å². The third-order valence-corrected chi connectivity index (χ3v) is 4.09. The molecule has 0 bridgehead atoms. The summed E-state index contributed by atoms with van der Waals surface area (Å²) in [4.78, 5) is 4.81. The number of nitrogens with zero attached hydrogens (tertiary/aromatic N) is 2. The molecule has 0 aliphatic heterocycles. The molecule has 0 aromatic carbocycles. The van der Waals surface area contributed by atoms with Crippen LogP contribution in [0.2, 0.25) is 0 Å². The van der Waals surface area contributed by atoms with Gasteiger partial charge in [-0.3, -0.25) is 0 Å². The van der Waals surface area contributed by atoms with E-state index in [1.165, 1.54) is 32.1 Å². The van der Waals surface area contributed by atoms with E-state index in [4.69, 9.17) is 10.7 Å². The molecule has 0 amide bonds. The van der Waals surface area contributed by atoms with E-state index < -0.39 is 0 Å². The van der Waals surface area contributed by atoms with Crippen molar-refractivity contribution in [3.8, 4) is 0 Å². The summed E-state index contributed by atoms with van der Waals surface area (Å²) in [7, 11) is 2.04. The Morgan fingerprint density at radius 1 is 1.22 bits per heavy atom. The second-order valence-electron chi connectivity index (χ2n) is 6.78. The van der Waals surface area contributed by atoms with Gasteiger partial charge in [-0.15, -0.1) is 0 Å². The van der Waals surface area contributed by atoms with Crippen molar-refractivity contribution in [2.45, 2.75) is 64.7 Å². The Balaban J connectivity index is 2.18. The number of hydrogen-bond donors (Lipinski definition) is 1. The Hall–Kier alpha value is -0.990. The van der Waals surface area contributed by atoms with Crippen molar-refractivity contribution >= 4 is 5.82 Å². The highest BCUT2D eigenvalue weighted by molar-refractivity contribution is 5.39. The van der Waals surface area contributed by atoms with Crippen LogP contribution in [0.3, 0.4) is 0 Å². The second-order valence-corrected chi connectivity index (χ2v) is 6.78. The SMILES string of the molecule is Cn1c(C(C)(C)C)nc(CC2CCCCC2)c1N. The van der Waals surface area contributed by atoms with Crippen LogP contribution in [0.5, 0.6) is 0 Å². The van der Waals surface area contributed by atoms with Crippen LogP contribution in [0.15, 0.2) is 0 Å². The number of nitrogen functional groups attached to an aromatic ring is 1. The molecule has 1 aliphatic rings. The molecule has 1 aromatic heterocycles. The van der Waals surface area contributed by atoms with Crippen LogP contribution in [-0.4, -0.2) is 9.55 Å². The lowest BCUT2D eigenvalue weighted by Gasteiger charge is -2.20. The van der Waals surface area contributed by atoms with Crippen LogP contribution in [0.25, 0.3) is 0 Å². The Kier molecular flexibility index (Phi) is 3.69. The minimum absolute atomic E-state index is 0.0632. The molecule has 102 valence electrons. The van der Waals surface area contributed by atoms with E-state index in [1.54, 1.807) is 0 Å². The van der Waals surface area contributed by atoms with Crippen molar-refractivity contribution < 1.29 is 0 Å². The van der Waals surface area contributed by atoms with Crippen molar-refractivity contribution in [1.29, 1.82) is 0 Å². The molecule has 0 radical (unpaired) electrons. The first-order chi connectivity index (χ1) is 8.39. The summed E-state index contributed by atoms with van der Waals surface area (Å²) in [6, 6.07) is 0. The smallest absolute Gasteiger partial charge is 0.126 e. The zero-order valence-electron chi connectivity index (χ0n) is 12.3. The normalized spacial score (nSPS) is 18.2. The Morgan fingerprint density at radius 2 is 1.83 bits per heavy atom. The van der Waals surface area contributed by atoms with E-state index in [9.17, 15) is 0 Å². The van der Waals surface area contributed by atoms with E-state index in [2.05, 4.69) is 25.3 Å². The molecule has 1 aliphatic carbocycles. The van der Waals surface area contributed by atoms with Gasteiger partial charge >= 0.3 is 0 Å². The molecule has 0 spiro atoms. The van der Waals surface area contributed by atoms with Crippen molar-refractivity contribution in [3.05, 3.63) is 11.5 Å². The van der Waals surface area contributed by atoms with Crippen LogP contribution >= 0.6 is 0 Å². The molecule has 2 rings (SSSR count). The highest BCUT2D eigenvalue weighted by Crippen LogP contribution is 2.30. The van der Waals surface area contributed by atoms with Crippen molar-refractivity contribution in [1.82, 2.24) is 9.55 Å². The molecule has 18 heavy (non-hydrogen) atoms. The first-order valence-corrected chi connectivity index (χ1v) is 7.21. The lowest BCUT2D eigenvalue weighted by atomic mass is 9.86. The zero-order valence-corrected chi connectivity index (χ0v) is 12.3. The van der Waals surface area contributed by atoms with Gasteiger partial charge < -0.3 is 10.3 Å². The van der Waals surface area contributed by atoms with Gasteiger partial charge in [0, 0.05) is 12.5 Å². The first-order valence-electron chi connectivity index (χ1n) is 7.21. The van der Waals surface area contributed by atoms with Crippen LogP contribution in [-0.2, 0) is 18.9 Å². The van der Waals surface area contributed by atoms with E-state index >= 15 is 0 Å². The fraction of sp³-hybridized carbons (Fsp3) is 0.800. The second kappa shape index (κ2) is 4.94. The zero-order chi connectivity index (χ0) is 13.3. The number of rotatable bonds is 2. The molecule has 1 saturated carbocycles. The highest BCUT2D eigenvalue weighted by Gasteiger charge is 2.24. The maximum absolute atomic E-state index is 6.22. The average molecular weight is 249 g/mol. The van der Waals surface area contributed by atoms with Gasteiger partial charge in [0.25, 0.3) is 0 Å². The molecular formula is C15H27N3. The maximum Gasteiger partial charge on any atom is 0.126 e. The van der Waals surface area contributed by atoms with E-state index in [-0.39, 0.29) is 5.41 Å². The Labute approximate surface area is 111 Å². The molecule has 1 aromatic rings. The van der Waals surface area contributed by atoms with Crippen LogP contribution < -0.4 is 5.73 Å². The molecule has 2 N–H and O–H groups in total. The van der Waals surface area contributed by atoms with Gasteiger partial charge in [-0.25, -0.2) is 4.98 Å². The van der Waals surface area contributed by atoms with Gasteiger partial charge in [-0.1, -0.05) is 52.9 Å². The molecule has 0 saturated heterocycles. The molecular weight excluding hydrogens is 222 g/mol. The van der Waals surface area contributed by atoms with E-state index in [0.29, 0.717) is 0 Å². The maximum atomic E-state index is 6.22. The topological polar surface area (TPSA) is 43.8 Å². The standard InChI is InChI=1S/C15H27N3/c1-15(2,3)14-17-12(13(16)18(14)4)10-11-8-6-5-7-9-11/h11H,5-10,16H2,1-4H3. The monoisotopic (exact) mass is 249 g/mol.